The highest BCUT2D eigenvalue weighted by atomic mass is 16.5. The first kappa shape index (κ1) is 20.6. The molecule has 7 heteroatoms. The molecule has 1 aromatic heterocycles. The minimum absolute atomic E-state index is 0.196. The number of ether oxygens (including phenoxy) is 1. The standard InChI is InChI=1S/C20H28N4O3/c1-6-27-20(26)24-16(9-12(2)3)11-21-19(25)15-7-8-17-18(10-15)23-14(5)13(4)22-17/h7-8,10,12,16H,6,9,11H2,1-5H3,(H,21,25)(H,24,26). The number of carbonyl (C=O) groups is 2. The highest BCUT2D eigenvalue weighted by Gasteiger charge is 2.17. The average molecular weight is 372 g/mol. The Labute approximate surface area is 159 Å². The van der Waals surface area contributed by atoms with Crippen LogP contribution < -0.4 is 10.6 Å². The second-order valence-corrected chi connectivity index (χ2v) is 7.00. The zero-order valence-electron chi connectivity index (χ0n) is 16.6. The number of benzene rings is 1. The molecule has 27 heavy (non-hydrogen) atoms. The summed E-state index contributed by atoms with van der Waals surface area (Å²) in [5.74, 6) is 0.160. The summed E-state index contributed by atoms with van der Waals surface area (Å²) in [6.07, 6.45) is 0.269. The predicted molar refractivity (Wildman–Crippen MR) is 105 cm³/mol. The van der Waals surface area contributed by atoms with Crippen LogP contribution in [-0.4, -0.2) is 41.2 Å². The van der Waals surface area contributed by atoms with Gasteiger partial charge in [0, 0.05) is 18.2 Å². The zero-order valence-corrected chi connectivity index (χ0v) is 16.6. The van der Waals surface area contributed by atoms with Gasteiger partial charge in [0.05, 0.1) is 29.0 Å². The molecule has 0 spiro atoms. The SMILES string of the molecule is CCOC(=O)NC(CNC(=O)c1ccc2nc(C)c(C)nc2c1)CC(C)C. The van der Waals surface area contributed by atoms with Gasteiger partial charge in [-0.05, 0) is 51.3 Å². The van der Waals surface area contributed by atoms with Crippen LogP contribution in [-0.2, 0) is 4.74 Å². The second kappa shape index (κ2) is 9.30. The molecule has 1 aromatic carbocycles. The number of hydrogen-bond acceptors (Lipinski definition) is 5. The van der Waals surface area contributed by atoms with Crippen LogP contribution in [0.2, 0.25) is 0 Å². The Morgan fingerprint density at radius 3 is 2.41 bits per heavy atom. The molecule has 1 unspecified atom stereocenters. The summed E-state index contributed by atoms with van der Waals surface area (Å²) in [5.41, 5.74) is 3.68. The number of aromatic nitrogens is 2. The van der Waals surface area contributed by atoms with Crippen molar-refractivity contribution in [3.8, 4) is 0 Å². The van der Waals surface area contributed by atoms with Crippen LogP contribution in [0.4, 0.5) is 4.79 Å². The Kier molecular flexibility index (Phi) is 7.10. The Morgan fingerprint density at radius 2 is 1.78 bits per heavy atom. The van der Waals surface area contributed by atoms with Crippen molar-refractivity contribution in [1.82, 2.24) is 20.6 Å². The number of fused-ring (bicyclic) bond motifs is 1. The molecule has 2 amide bonds. The van der Waals surface area contributed by atoms with Crippen LogP contribution in [0.5, 0.6) is 0 Å². The second-order valence-electron chi connectivity index (χ2n) is 7.00. The van der Waals surface area contributed by atoms with Crippen LogP contribution >= 0.6 is 0 Å². The molecule has 0 fully saturated rings. The van der Waals surface area contributed by atoms with Gasteiger partial charge in [0.2, 0.25) is 0 Å². The van der Waals surface area contributed by atoms with Gasteiger partial charge >= 0.3 is 6.09 Å². The van der Waals surface area contributed by atoms with E-state index in [1.807, 2.05) is 13.8 Å². The van der Waals surface area contributed by atoms with E-state index in [1.165, 1.54) is 0 Å². The molecule has 0 radical (unpaired) electrons. The van der Waals surface area contributed by atoms with E-state index in [9.17, 15) is 9.59 Å². The van der Waals surface area contributed by atoms with Gasteiger partial charge in [0.15, 0.2) is 0 Å². The topological polar surface area (TPSA) is 93.2 Å². The summed E-state index contributed by atoms with van der Waals surface area (Å²) < 4.78 is 4.94. The lowest BCUT2D eigenvalue weighted by atomic mass is 10.0. The van der Waals surface area contributed by atoms with Crippen molar-refractivity contribution < 1.29 is 14.3 Å². The van der Waals surface area contributed by atoms with Gasteiger partial charge in [0.25, 0.3) is 5.91 Å². The third kappa shape index (κ3) is 5.91. The molecule has 1 atom stereocenters. The quantitative estimate of drug-likeness (QED) is 0.779. The maximum absolute atomic E-state index is 12.5. The fourth-order valence-electron chi connectivity index (χ4n) is 2.79. The Bertz CT molecular complexity index is 820. The van der Waals surface area contributed by atoms with E-state index >= 15 is 0 Å². The van der Waals surface area contributed by atoms with Crippen LogP contribution in [0.15, 0.2) is 18.2 Å². The van der Waals surface area contributed by atoms with E-state index < -0.39 is 6.09 Å². The molecule has 0 aliphatic carbocycles. The van der Waals surface area contributed by atoms with Crippen molar-refractivity contribution >= 4 is 23.0 Å². The van der Waals surface area contributed by atoms with E-state index in [1.54, 1.807) is 25.1 Å². The summed E-state index contributed by atoms with van der Waals surface area (Å²) in [6, 6.07) is 5.07. The van der Waals surface area contributed by atoms with Gasteiger partial charge in [-0.25, -0.2) is 14.8 Å². The minimum Gasteiger partial charge on any atom is -0.450 e. The molecule has 146 valence electrons. The normalized spacial score (nSPS) is 12.1. The van der Waals surface area contributed by atoms with Gasteiger partial charge in [-0.3, -0.25) is 4.79 Å². The molecule has 1 heterocycles. The smallest absolute Gasteiger partial charge is 0.407 e. The number of nitrogens with zero attached hydrogens (tertiary/aromatic N) is 2. The molecule has 7 nitrogen and oxygen atoms in total. The van der Waals surface area contributed by atoms with Crippen molar-refractivity contribution in [1.29, 1.82) is 0 Å². The molecule has 0 aliphatic heterocycles. The summed E-state index contributed by atoms with van der Waals surface area (Å²) in [7, 11) is 0. The molecular formula is C20H28N4O3. The van der Waals surface area contributed by atoms with Crippen molar-refractivity contribution in [2.24, 2.45) is 5.92 Å². The Hall–Kier alpha value is -2.70. The molecule has 0 aliphatic rings. The third-order valence-corrected chi connectivity index (χ3v) is 4.20. The minimum atomic E-state index is -0.468. The van der Waals surface area contributed by atoms with Gasteiger partial charge in [-0.15, -0.1) is 0 Å². The first-order valence-electron chi connectivity index (χ1n) is 9.26. The predicted octanol–water partition coefficient (Wildman–Crippen LogP) is 3.14. The fourth-order valence-corrected chi connectivity index (χ4v) is 2.79. The first-order valence-corrected chi connectivity index (χ1v) is 9.26. The fraction of sp³-hybridized carbons (Fsp3) is 0.500. The Morgan fingerprint density at radius 1 is 1.11 bits per heavy atom. The highest BCUT2D eigenvalue weighted by molar-refractivity contribution is 5.97. The van der Waals surface area contributed by atoms with Crippen molar-refractivity contribution in [3.63, 3.8) is 0 Å². The zero-order chi connectivity index (χ0) is 20.0. The maximum Gasteiger partial charge on any atom is 0.407 e. The largest absolute Gasteiger partial charge is 0.450 e. The number of carbonyl (C=O) groups excluding carboxylic acids is 2. The maximum atomic E-state index is 12.5. The van der Waals surface area contributed by atoms with Crippen molar-refractivity contribution in [3.05, 3.63) is 35.2 Å². The molecular weight excluding hydrogens is 344 g/mol. The lowest BCUT2D eigenvalue weighted by molar-refractivity contribution is 0.0944. The van der Waals surface area contributed by atoms with Gasteiger partial charge in [-0.2, -0.15) is 0 Å². The van der Waals surface area contributed by atoms with Crippen LogP contribution in [0.25, 0.3) is 11.0 Å². The lowest BCUT2D eigenvalue weighted by Crippen LogP contribution is -2.44. The molecule has 0 bridgehead atoms. The molecule has 0 saturated heterocycles. The van der Waals surface area contributed by atoms with E-state index in [4.69, 9.17) is 4.74 Å². The number of alkyl carbamates (subject to hydrolysis) is 1. The number of hydrogen-bond donors (Lipinski definition) is 2. The van der Waals surface area contributed by atoms with Crippen LogP contribution in [0.1, 0.15) is 48.9 Å². The van der Waals surface area contributed by atoms with Gasteiger partial charge < -0.3 is 15.4 Å². The third-order valence-electron chi connectivity index (χ3n) is 4.20. The summed E-state index contributed by atoms with van der Waals surface area (Å²) >= 11 is 0. The van der Waals surface area contributed by atoms with E-state index in [0.717, 1.165) is 23.3 Å². The van der Waals surface area contributed by atoms with Crippen molar-refractivity contribution in [2.45, 2.75) is 47.1 Å². The summed E-state index contributed by atoms with van der Waals surface area (Å²) in [5, 5.41) is 5.69. The number of amides is 2. The van der Waals surface area contributed by atoms with Crippen molar-refractivity contribution in [2.75, 3.05) is 13.2 Å². The van der Waals surface area contributed by atoms with Gasteiger partial charge in [0.1, 0.15) is 0 Å². The van der Waals surface area contributed by atoms with Crippen LogP contribution in [0.3, 0.4) is 0 Å². The monoisotopic (exact) mass is 372 g/mol. The lowest BCUT2D eigenvalue weighted by Gasteiger charge is -2.20. The summed E-state index contributed by atoms with van der Waals surface area (Å²) in [4.78, 5) is 33.2. The summed E-state index contributed by atoms with van der Waals surface area (Å²) in [6.45, 7) is 10.3. The molecule has 2 N–H and O–H groups in total. The molecule has 2 aromatic rings. The molecule has 2 rings (SSSR count). The first-order chi connectivity index (χ1) is 12.8. The van der Waals surface area contributed by atoms with Crippen LogP contribution in [0, 0.1) is 19.8 Å². The van der Waals surface area contributed by atoms with E-state index in [0.29, 0.717) is 30.1 Å². The molecule has 0 saturated carbocycles. The number of aryl methyl sites for hydroxylation is 2. The number of rotatable bonds is 7. The Balaban J connectivity index is 2.06. The average Bonchev–Trinajstić information content (AvgIpc) is 2.59. The number of nitrogens with one attached hydrogen (secondary N) is 2. The van der Waals surface area contributed by atoms with E-state index in [2.05, 4.69) is 34.4 Å². The van der Waals surface area contributed by atoms with Gasteiger partial charge in [-0.1, -0.05) is 13.8 Å². The highest BCUT2D eigenvalue weighted by Crippen LogP contribution is 2.14. The van der Waals surface area contributed by atoms with E-state index in [-0.39, 0.29) is 11.9 Å².